The SMILES string of the molecule is O=C(NCc1nn[nH]n1)Nc1ccc(O)cc1C(=O)O. The molecule has 1 aromatic heterocycles. The van der Waals surface area contributed by atoms with Crippen LogP contribution in [0.15, 0.2) is 18.2 Å². The topological polar surface area (TPSA) is 153 Å². The first-order chi connectivity index (χ1) is 9.56. The van der Waals surface area contributed by atoms with Gasteiger partial charge in [0.05, 0.1) is 17.8 Å². The molecule has 0 aliphatic rings. The number of aromatic amines is 1. The predicted octanol–water partition coefficient (Wildman–Crippen LogP) is -0.0748. The van der Waals surface area contributed by atoms with Crippen LogP contribution < -0.4 is 10.6 Å². The third-order valence-corrected chi connectivity index (χ3v) is 2.28. The van der Waals surface area contributed by atoms with Gasteiger partial charge in [0.1, 0.15) is 5.75 Å². The minimum atomic E-state index is -1.27. The zero-order valence-electron chi connectivity index (χ0n) is 9.99. The number of aromatic nitrogens is 4. The standard InChI is InChI=1S/C10H10N6O4/c17-5-1-2-7(6(3-5)9(18)19)12-10(20)11-4-8-13-15-16-14-8/h1-3,17H,4H2,(H,18,19)(H2,11,12,20)(H,13,14,15,16). The second kappa shape index (κ2) is 5.65. The van der Waals surface area contributed by atoms with Crippen molar-refractivity contribution in [1.82, 2.24) is 25.9 Å². The Bertz CT molecular complexity index is 627. The number of hydrogen-bond acceptors (Lipinski definition) is 6. The van der Waals surface area contributed by atoms with Gasteiger partial charge >= 0.3 is 12.0 Å². The number of tetrazole rings is 1. The van der Waals surface area contributed by atoms with Crippen molar-refractivity contribution in [3.05, 3.63) is 29.6 Å². The number of aromatic carboxylic acids is 1. The summed E-state index contributed by atoms with van der Waals surface area (Å²) < 4.78 is 0. The molecular formula is C10H10N6O4. The van der Waals surface area contributed by atoms with E-state index in [0.717, 1.165) is 6.07 Å². The molecule has 1 heterocycles. The van der Waals surface area contributed by atoms with E-state index in [-0.39, 0.29) is 29.4 Å². The molecule has 0 fully saturated rings. The number of carbonyl (C=O) groups is 2. The Morgan fingerprint density at radius 2 is 2.15 bits per heavy atom. The fourth-order valence-electron chi connectivity index (χ4n) is 1.40. The Labute approximate surface area is 111 Å². The van der Waals surface area contributed by atoms with Crippen LogP contribution in [-0.4, -0.2) is 42.8 Å². The van der Waals surface area contributed by atoms with Crippen molar-refractivity contribution in [3.8, 4) is 5.75 Å². The van der Waals surface area contributed by atoms with Crippen LogP contribution in [-0.2, 0) is 6.54 Å². The van der Waals surface area contributed by atoms with E-state index < -0.39 is 12.0 Å². The van der Waals surface area contributed by atoms with Crippen molar-refractivity contribution in [2.75, 3.05) is 5.32 Å². The molecule has 0 spiro atoms. The molecule has 2 aromatic rings. The van der Waals surface area contributed by atoms with E-state index in [1.165, 1.54) is 12.1 Å². The summed E-state index contributed by atoms with van der Waals surface area (Å²) in [6, 6.07) is 2.95. The highest BCUT2D eigenvalue weighted by Crippen LogP contribution is 2.21. The summed E-state index contributed by atoms with van der Waals surface area (Å²) >= 11 is 0. The van der Waals surface area contributed by atoms with E-state index in [9.17, 15) is 14.7 Å². The number of hydrogen-bond donors (Lipinski definition) is 5. The second-order valence-electron chi connectivity index (χ2n) is 3.67. The molecule has 0 atom stereocenters. The highest BCUT2D eigenvalue weighted by Gasteiger charge is 2.13. The van der Waals surface area contributed by atoms with Gasteiger partial charge in [-0.3, -0.25) is 0 Å². The maximum absolute atomic E-state index is 11.6. The molecule has 104 valence electrons. The Balaban J connectivity index is 2.02. The predicted molar refractivity (Wildman–Crippen MR) is 65.1 cm³/mol. The van der Waals surface area contributed by atoms with Crippen LogP contribution in [0.5, 0.6) is 5.75 Å². The van der Waals surface area contributed by atoms with Crippen molar-refractivity contribution >= 4 is 17.7 Å². The van der Waals surface area contributed by atoms with Crippen LogP contribution in [0.2, 0.25) is 0 Å². The number of benzene rings is 1. The van der Waals surface area contributed by atoms with Gasteiger partial charge in [-0.15, -0.1) is 10.2 Å². The van der Waals surface area contributed by atoms with Gasteiger partial charge in [0.25, 0.3) is 0 Å². The molecule has 0 bridgehead atoms. The molecular weight excluding hydrogens is 268 g/mol. The molecule has 0 aliphatic carbocycles. The number of aromatic hydroxyl groups is 1. The highest BCUT2D eigenvalue weighted by atomic mass is 16.4. The quantitative estimate of drug-likeness (QED) is 0.490. The summed E-state index contributed by atoms with van der Waals surface area (Å²) in [5.74, 6) is -1.20. The van der Waals surface area contributed by atoms with E-state index >= 15 is 0 Å². The molecule has 10 nitrogen and oxygen atoms in total. The van der Waals surface area contributed by atoms with Crippen molar-refractivity contribution in [2.24, 2.45) is 0 Å². The summed E-state index contributed by atoms with van der Waals surface area (Å²) in [7, 11) is 0. The van der Waals surface area contributed by atoms with E-state index in [0.29, 0.717) is 0 Å². The Morgan fingerprint density at radius 3 is 2.80 bits per heavy atom. The van der Waals surface area contributed by atoms with Gasteiger partial charge in [-0.25, -0.2) is 9.59 Å². The van der Waals surface area contributed by atoms with Gasteiger partial charge in [0, 0.05) is 0 Å². The Morgan fingerprint density at radius 1 is 1.35 bits per heavy atom. The van der Waals surface area contributed by atoms with Gasteiger partial charge < -0.3 is 20.8 Å². The van der Waals surface area contributed by atoms with Gasteiger partial charge in [0.15, 0.2) is 5.82 Å². The van der Waals surface area contributed by atoms with Crippen LogP contribution in [0.3, 0.4) is 0 Å². The summed E-state index contributed by atoms with van der Waals surface area (Å²) in [6.07, 6.45) is 0. The average molecular weight is 278 g/mol. The van der Waals surface area contributed by atoms with Gasteiger partial charge in [-0.05, 0) is 18.2 Å². The number of H-pyrrole nitrogens is 1. The number of anilines is 1. The maximum atomic E-state index is 11.6. The first-order valence-corrected chi connectivity index (χ1v) is 5.40. The fourth-order valence-corrected chi connectivity index (χ4v) is 1.40. The molecule has 10 heteroatoms. The zero-order valence-corrected chi connectivity index (χ0v) is 9.99. The molecule has 1 aromatic carbocycles. The van der Waals surface area contributed by atoms with Crippen LogP contribution in [0, 0.1) is 0 Å². The van der Waals surface area contributed by atoms with E-state index in [4.69, 9.17) is 5.11 Å². The number of carboxylic acid groups (broad SMARTS) is 1. The Hall–Kier alpha value is -3.17. The third kappa shape index (κ3) is 3.19. The summed E-state index contributed by atoms with van der Waals surface area (Å²) in [5.41, 5.74) is -0.166. The summed E-state index contributed by atoms with van der Waals surface area (Å²) in [4.78, 5) is 22.6. The fraction of sp³-hybridized carbons (Fsp3) is 0.100. The van der Waals surface area contributed by atoms with Crippen LogP contribution in [0.4, 0.5) is 10.5 Å². The maximum Gasteiger partial charge on any atom is 0.337 e. The lowest BCUT2D eigenvalue weighted by Crippen LogP contribution is -2.29. The monoisotopic (exact) mass is 278 g/mol. The van der Waals surface area contributed by atoms with E-state index in [1.807, 2.05) is 0 Å². The number of phenols is 1. The minimum absolute atomic E-state index is 0.0306. The number of nitrogens with one attached hydrogen (secondary N) is 3. The van der Waals surface area contributed by atoms with Crippen LogP contribution in [0.1, 0.15) is 16.2 Å². The smallest absolute Gasteiger partial charge is 0.337 e. The van der Waals surface area contributed by atoms with Crippen molar-refractivity contribution in [1.29, 1.82) is 0 Å². The summed E-state index contributed by atoms with van der Waals surface area (Å²) in [5, 5.41) is 35.8. The number of carboxylic acids is 1. The van der Waals surface area contributed by atoms with Crippen molar-refractivity contribution in [3.63, 3.8) is 0 Å². The van der Waals surface area contributed by atoms with Crippen molar-refractivity contribution < 1.29 is 19.8 Å². The Kier molecular flexibility index (Phi) is 3.75. The first-order valence-electron chi connectivity index (χ1n) is 5.40. The number of urea groups is 1. The molecule has 2 amide bonds. The third-order valence-electron chi connectivity index (χ3n) is 2.28. The lowest BCUT2D eigenvalue weighted by molar-refractivity contribution is 0.0697. The second-order valence-corrected chi connectivity index (χ2v) is 3.67. The van der Waals surface area contributed by atoms with E-state index in [2.05, 4.69) is 31.3 Å². The lowest BCUT2D eigenvalue weighted by atomic mass is 10.1. The molecule has 2 rings (SSSR count). The number of rotatable bonds is 4. The first kappa shape index (κ1) is 13.3. The van der Waals surface area contributed by atoms with Crippen LogP contribution in [0.25, 0.3) is 0 Å². The number of nitrogens with zero attached hydrogens (tertiary/aromatic N) is 3. The lowest BCUT2D eigenvalue weighted by Gasteiger charge is -2.09. The molecule has 0 aliphatic heterocycles. The molecule has 0 radical (unpaired) electrons. The summed E-state index contributed by atoms with van der Waals surface area (Å²) in [6.45, 7) is 0.0306. The normalized spacial score (nSPS) is 10.0. The molecule has 20 heavy (non-hydrogen) atoms. The number of phenolic OH excluding ortho intramolecular Hbond substituents is 1. The zero-order chi connectivity index (χ0) is 14.5. The van der Waals surface area contributed by atoms with Gasteiger partial charge in [-0.2, -0.15) is 5.21 Å². The van der Waals surface area contributed by atoms with Crippen molar-refractivity contribution in [2.45, 2.75) is 6.54 Å². The molecule has 0 saturated heterocycles. The largest absolute Gasteiger partial charge is 0.508 e. The minimum Gasteiger partial charge on any atom is -0.508 e. The molecule has 0 unspecified atom stereocenters. The molecule has 0 saturated carbocycles. The highest BCUT2D eigenvalue weighted by molar-refractivity contribution is 6.00. The molecule has 5 N–H and O–H groups in total. The number of amides is 2. The van der Waals surface area contributed by atoms with Gasteiger partial charge in [0.2, 0.25) is 0 Å². The van der Waals surface area contributed by atoms with Crippen LogP contribution >= 0.6 is 0 Å². The number of carbonyl (C=O) groups excluding carboxylic acids is 1. The average Bonchev–Trinajstić information content (AvgIpc) is 2.91. The van der Waals surface area contributed by atoms with Gasteiger partial charge in [-0.1, -0.05) is 5.21 Å². The van der Waals surface area contributed by atoms with E-state index in [1.54, 1.807) is 0 Å².